The van der Waals surface area contributed by atoms with Crippen molar-refractivity contribution in [1.82, 2.24) is 4.57 Å². The van der Waals surface area contributed by atoms with Gasteiger partial charge in [0, 0.05) is 30.4 Å². The summed E-state index contributed by atoms with van der Waals surface area (Å²) < 4.78 is 2.25. The molecule has 0 fully saturated rings. The second kappa shape index (κ2) is 5.04. The molecule has 0 saturated heterocycles. The normalized spacial score (nSPS) is 18.4. The van der Waals surface area contributed by atoms with E-state index in [2.05, 4.69) is 42.0 Å². The first-order valence-electron chi connectivity index (χ1n) is 7.05. The number of nitrogens with zero attached hydrogens (tertiary/aromatic N) is 1. The Morgan fingerprint density at radius 2 is 1.95 bits per heavy atom. The van der Waals surface area contributed by atoms with Crippen molar-refractivity contribution in [2.45, 2.75) is 38.6 Å². The molecule has 1 aromatic carbocycles. The van der Waals surface area contributed by atoms with E-state index in [1.165, 1.54) is 11.3 Å². The molecule has 0 N–H and O–H groups in total. The number of rotatable bonds is 3. The molecule has 0 radical (unpaired) electrons. The van der Waals surface area contributed by atoms with Crippen LogP contribution >= 0.6 is 0 Å². The zero-order valence-electron chi connectivity index (χ0n) is 11.3. The Morgan fingerprint density at radius 1 is 1.16 bits per heavy atom. The number of aryl methyl sites for hydroxylation is 1. The highest BCUT2D eigenvalue weighted by atomic mass is 16.1. The van der Waals surface area contributed by atoms with Crippen LogP contribution in [0.1, 0.15) is 47.3 Å². The highest BCUT2D eigenvalue weighted by Gasteiger charge is 2.28. The monoisotopic (exact) mass is 253 g/mol. The number of ketones is 1. The number of hydrogen-bond acceptors (Lipinski definition) is 1. The van der Waals surface area contributed by atoms with Gasteiger partial charge in [-0.1, -0.05) is 37.3 Å². The number of benzene rings is 1. The SMILES string of the molecule is CCCn1ccc2c1CC(c1ccccc1)CC2=O. The summed E-state index contributed by atoms with van der Waals surface area (Å²) in [7, 11) is 0. The Kier molecular flexibility index (Phi) is 3.24. The molecule has 0 bridgehead atoms. The largest absolute Gasteiger partial charge is 0.351 e. The van der Waals surface area contributed by atoms with Gasteiger partial charge in [-0.05, 0) is 30.4 Å². The second-order valence-electron chi connectivity index (χ2n) is 5.31. The summed E-state index contributed by atoms with van der Waals surface area (Å²) >= 11 is 0. The van der Waals surface area contributed by atoms with E-state index < -0.39 is 0 Å². The minimum atomic E-state index is 0.296. The van der Waals surface area contributed by atoms with Crippen LogP contribution in [0.3, 0.4) is 0 Å². The molecular weight excluding hydrogens is 234 g/mol. The average Bonchev–Trinajstić information content (AvgIpc) is 2.84. The highest BCUT2D eigenvalue weighted by Crippen LogP contribution is 2.33. The van der Waals surface area contributed by atoms with E-state index in [0.29, 0.717) is 18.1 Å². The summed E-state index contributed by atoms with van der Waals surface area (Å²) in [5, 5.41) is 0. The van der Waals surface area contributed by atoms with Crippen molar-refractivity contribution in [2.24, 2.45) is 0 Å². The maximum absolute atomic E-state index is 12.3. The first kappa shape index (κ1) is 12.2. The topological polar surface area (TPSA) is 22.0 Å². The van der Waals surface area contributed by atoms with Crippen molar-refractivity contribution in [2.75, 3.05) is 0 Å². The van der Waals surface area contributed by atoms with Crippen LogP contribution in [0.4, 0.5) is 0 Å². The van der Waals surface area contributed by atoms with Gasteiger partial charge in [0.05, 0.1) is 0 Å². The summed E-state index contributed by atoms with van der Waals surface area (Å²) in [6, 6.07) is 12.4. The lowest BCUT2D eigenvalue weighted by Crippen LogP contribution is -2.20. The van der Waals surface area contributed by atoms with Gasteiger partial charge >= 0.3 is 0 Å². The van der Waals surface area contributed by atoms with Gasteiger partial charge in [0.25, 0.3) is 0 Å². The molecule has 0 amide bonds. The van der Waals surface area contributed by atoms with E-state index in [4.69, 9.17) is 0 Å². The van der Waals surface area contributed by atoms with Crippen LogP contribution in [-0.4, -0.2) is 10.4 Å². The molecule has 1 aromatic heterocycles. The highest BCUT2D eigenvalue weighted by molar-refractivity contribution is 5.99. The average molecular weight is 253 g/mol. The lowest BCUT2D eigenvalue weighted by Gasteiger charge is -2.23. The van der Waals surface area contributed by atoms with Crippen molar-refractivity contribution >= 4 is 5.78 Å². The number of aromatic nitrogens is 1. The van der Waals surface area contributed by atoms with Gasteiger partial charge in [-0.3, -0.25) is 4.79 Å². The molecule has 1 aliphatic rings. The molecule has 1 unspecified atom stereocenters. The van der Waals surface area contributed by atoms with E-state index in [-0.39, 0.29) is 0 Å². The van der Waals surface area contributed by atoms with E-state index >= 15 is 0 Å². The summed E-state index contributed by atoms with van der Waals surface area (Å²) in [5.74, 6) is 0.636. The van der Waals surface area contributed by atoms with E-state index in [0.717, 1.165) is 24.9 Å². The summed E-state index contributed by atoms with van der Waals surface area (Å²) in [6.45, 7) is 3.18. The van der Waals surface area contributed by atoms with Crippen LogP contribution in [0.15, 0.2) is 42.6 Å². The molecule has 2 aromatic rings. The molecule has 2 heteroatoms. The van der Waals surface area contributed by atoms with Gasteiger partial charge in [0.2, 0.25) is 0 Å². The standard InChI is InChI=1S/C17H19NO/c1-2-9-18-10-8-15-16(18)11-14(12-17(15)19)13-6-4-3-5-7-13/h3-8,10,14H,2,9,11-12H2,1H3. The van der Waals surface area contributed by atoms with Gasteiger partial charge in [0.1, 0.15) is 0 Å². The van der Waals surface area contributed by atoms with Crippen LogP contribution in [0.25, 0.3) is 0 Å². The second-order valence-corrected chi connectivity index (χ2v) is 5.31. The number of fused-ring (bicyclic) bond motifs is 1. The van der Waals surface area contributed by atoms with Gasteiger partial charge in [-0.25, -0.2) is 0 Å². The number of hydrogen-bond donors (Lipinski definition) is 0. The molecular formula is C17H19NO. The van der Waals surface area contributed by atoms with Crippen molar-refractivity contribution in [3.05, 3.63) is 59.4 Å². The lowest BCUT2D eigenvalue weighted by atomic mass is 9.82. The number of carbonyl (C=O) groups excluding carboxylic acids is 1. The predicted octanol–water partition coefficient (Wildman–Crippen LogP) is 3.81. The fraction of sp³-hybridized carbons (Fsp3) is 0.353. The molecule has 1 atom stereocenters. The molecule has 0 spiro atoms. The Balaban J connectivity index is 1.94. The molecule has 2 nitrogen and oxygen atoms in total. The predicted molar refractivity (Wildman–Crippen MR) is 76.6 cm³/mol. The lowest BCUT2D eigenvalue weighted by molar-refractivity contribution is 0.0963. The summed E-state index contributed by atoms with van der Waals surface area (Å²) in [4.78, 5) is 12.3. The van der Waals surface area contributed by atoms with Gasteiger partial charge in [0.15, 0.2) is 5.78 Å². The van der Waals surface area contributed by atoms with Crippen molar-refractivity contribution < 1.29 is 4.79 Å². The van der Waals surface area contributed by atoms with E-state index in [9.17, 15) is 4.79 Å². The Labute approximate surface area is 114 Å². The molecule has 19 heavy (non-hydrogen) atoms. The fourth-order valence-electron chi connectivity index (χ4n) is 3.04. The molecule has 0 aliphatic heterocycles. The minimum Gasteiger partial charge on any atom is -0.351 e. The third-order valence-corrected chi connectivity index (χ3v) is 3.99. The number of Topliss-reactive ketones (excluding diaryl/α,β-unsaturated/α-hetero) is 1. The smallest absolute Gasteiger partial charge is 0.165 e. The first-order chi connectivity index (χ1) is 9.29. The van der Waals surface area contributed by atoms with Crippen LogP contribution in [0, 0.1) is 0 Å². The van der Waals surface area contributed by atoms with Gasteiger partial charge < -0.3 is 4.57 Å². The number of carbonyl (C=O) groups is 1. The molecule has 1 heterocycles. The molecule has 1 aliphatic carbocycles. The molecule has 98 valence electrons. The molecule has 3 rings (SSSR count). The van der Waals surface area contributed by atoms with Gasteiger partial charge in [-0.2, -0.15) is 0 Å². The van der Waals surface area contributed by atoms with Crippen molar-refractivity contribution in [3.63, 3.8) is 0 Å². The Bertz CT molecular complexity index is 583. The summed E-state index contributed by atoms with van der Waals surface area (Å²) in [5.41, 5.74) is 3.46. The zero-order chi connectivity index (χ0) is 13.2. The third-order valence-electron chi connectivity index (χ3n) is 3.99. The maximum Gasteiger partial charge on any atom is 0.165 e. The van der Waals surface area contributed by atoms with Crippen LogP contribution in [0.2, 0.25) is 0 Å². The van der Waals surface area contributed by atoms with Crippen LogP contribution in [0.5, 0.6) is 0 Å². The van der Waals surface area contributed by atoms with E-state index in [1.54, 1.807) is 0 Å². The van der Waals surface area contributed by atoms with Crippen molar-refractivity contribution in [3.8, 4) is 0 Å². The Hall–Kier alpha value is -1.83. The Morgan fingerprint density at radius 3 is 2.68 bits per heavy atom. The van der Waals surface area contributed by atoms with E-state index in [1.807, 2.05) is 12.1 Å². The summed E-state index contributed by atoms with van der Waals surface area (Å²) in [6.07, 6.45) is 4.80. The first-order valence-corrected chi connectivity index (χ1v) is 7.05. The maximum atomic E-state index is 12.3. The van der Waals surface area contributed by atoms with Crippen LogP contribution in [-0.2, 0) is 13.0 Å². The quantitative estimate of drug-likeness (QED) is 0.815. The minimum absolute atomic E-state index is 0.296. The zero-order valence-corrected chi connectivity index (χ0v) is 11.3. The molecule has 0 saturated carbocycles. The fourth-order valence-corrected chi connectivity index (χ4v) is 3.04. The van der Waals surface area contributed by atoms with Crippen molar-refractivity contribution in [1.29, 1.82) is 0 Å². The van der Waals surface area contributed by atoms with Gasteiger partial charge in [-0.15, -0.1) is 0 Å². The van der Waals surface area contributed by atoms with Crippen LogP contribution < -0.4 is 0 Å². The third kappa shape index (κ3) is 2.23.